The van der Waals surface area contributed by atoms with Crippen molar-refractivity contribution in [3.8, 4) is 11.8 Å². The highest BCUT2D eigenvalue weighted by molar-refractivity contribution is 5.37. The van der Waals surface area contributed by atoms with Crippen molar-refractivity contribution >= 4 is 0 Å². The highest BCUT2D eigenvalue weighted by atomic mass is 19.1. The maximum atomic E-state index is 13.2. The highest BCUT2D eigenvalue weighted by Gasteiger charge is 2.28. The SMILES string of the molecule is CC(C)(C#N)c1c(F)cc(O)cc1F. The van der Waals surface area contributed by atoms with E-state index in [9.17, 15) is 8.78 Å². The minimum Gasteiger partial charge on any atom is -0.508 e. The Morgan fingerprint density at radius 3 is 2.07 bits per heavy atom. The second kappa shape index (κ2) is 3.26. The van der Waals surface area contributed by atoms with E-state index in [0.717, 1.165) is 12.1 Å². The number of benzene rings is 1. The molecule has 1 aromatic rings. The largest absolute Gasteiger partial charge is 0.508 e. The summed E-state index contributed by atoms with van der Waals surface area (Å²) in [6.07, 6.45) is 0. The lowest BCUT2D eigenvalue weighted by molar-refractivity contribution is 0.448. The van der Waals surface area contributed by atoms with Crippen LogP contribution in [0.3, 0.4) is 0 Å². The number of rotatable bonds is 1. The number of hydrogen-bond donors (Lipinski definition) is 1. The van der Waals surface area contributed by atoms with Gasteiger partial charge in [0, 0.05) is 17.7 Å². The van der Waals surface area contributed by atoms with Crippen molar-refractivity contribution in [2.45, 2.75) is 19.3 Å². The van der Waals surface area contributed by atoms with Crippen LogP contribution in [-0.2, 0) is 5.41 Å². The molecule has 0 atom stereocenters. The van der Waals surface area contributed by atoms with Gasteiger partial charge in [-0.25, -0.2) is 8.78 Å². The first kappa shape index (κ1) is 10.5. The van der Waals surface area contributed by atoms with Gasteiger partial charge in [-0.15, -0.1) is 0 Å². The van der Waals surface area contributed by atoms with E-state index in [1.807, 2.05) is 0 Å². The van der Waals surface area contributed by atoms with Crippen LogP contribution in [-0.4, -0.2) is 5.11 Å². The molecule has 0 heterocycles. The average Bonchev–Trinajstić information content (AvgIpc) is 2.01. The van der Waals surface area contributed by atoms with Gasteiger partial charge in [0.25, 0.3) is 0 Å². The summed E-state index contributed by atoms with van der Waals surface area (Å²) < 4.78 is 26.5. The van der Waals surface area contributed by atoms with Gasteiger partial charge in [-0.1, -0.05) is 0 Å². The van der Waals surface area contributed by atoms with Gasteiger partial charge in [0.2, 0.25) is 0 Å². The molecule has 1 aromatic carbocycles. The van der Waals surface area contributed by atoms with Crippen molar-refractivity contribution in [3.05, 3.63) is 29.3 Å². The minimum atomic E-state index is -1.25. The van der Waals surface area contributed by atoms with Crippen LogP contribution in [0.15, 0.2) is 12.1 Å². The number of nitriles is 1. The molecule has 0 aliphatic rings. The van der Waals surface area contributed by atoms with Crippen LogP contribution in [0.5, 0.6) is 5.75 Å². The average molecular weight is 197 g/mol. The maximum Gasteiger partial charge on any atom is 0.134 e. The zero-order chi connectivity index (χ0) is 10.9. The number of phenols is 1. The van der Waals surface area contributed by atoms with Crippen molar-refractivity contribution in [1.29, 1.82) is 5.26 Å². The molecule has 0 aliphatic carbocycles. The quantitative estimate of drug-likeness (QED) is 0.751. The predicted molar refractivity (Wildman–Crippen MR) is 46.7 cm³/mol. The molecule has 0 spiro atoms. The van der Waals surface area contributed by atoms with Crippen LogP contribution < -0.4 is 0 Å². The fraction of sp³-hybridized carbons (Fsp3) is 0.300. The summed E-state index contributed by atoms with van der Waals surface area (Å²) in [5.74, 6) is -2.31. The molecular formula is C10H9F2NO. The van der Waals surface area contributed by atoms with Crippen LogP contribution in [0, 0.1) is 23.0 Å². The molecule has 74 valence electrons. The lowest BCUT2D eigenvalue weighted by atomic mass is 9.85. The Morgan fingerprint density at radius 2 is 1.71 bits per heavy atom. The zero-order valence-corrected chi connectivity index (χ0v) is 7.81. The number of phenolic OH excluding ortho intramolecular Hbond substituents is 1. The molecule has 2 nitrogen and oxygen atoms in total. The predicted octanol–water partition coefficient (Wildman–Crippen LogP) is 2.47. The van der Waals surface area contributed by atoms with E-state index in [1.165, 1.54) is 13.8 Å². The Kier molecular flexibility index (Phi) is 2.43. The zero-order valence-electron chi connectivity index (χ0n) is 7.81. The molecule has 0 amide bonds. The Morgan fingerprint density at radius 1 is 1.29 bits per heavy atom. The standard InChI is InChI=1S/C10H9F2NO/c1-10(2,5-13)9-7(11)3-6(14)4-8(9)12/h3-4,14H,1-2H3. The van der Waals surface area contributed by atoms with Crippen molar-refractivity contribution in [2.24, 2.45) is 0 Å². The van der Waals surface area contributed by atoms with Gasteiger partial charge < -0.3 is 5.11 Å². The van der Waals surface area contributed by atoms with Gasteiger partial charge in [-0.2, -0.15) is 5.26 Å². The van der Waals surface area contributed by atoms with Gasteiger partial charge in [-0.3, -0.25) is 0 Å². The summed E-state index contributed by atoms with van der Waals surface area (Å²) in [5, 5.41) is 17.6. The smallest absolute Gasteiger partial charge is 0.134 e. The Labute approximate surface area is 80.4 Å². The van der Waals surface area contributed by atoms with E-state index in [2.05, 4.69) is 0 Å². The normalized spacial score (nSPS) is 11.1. The van der Waals surface area contributed by atoms with E-state index in [-0.39, 0.29) is 5.56 Å². The van der Waals surface area contributed by atoms with Crippen molar-refractivity contribution in [2.75, 3.05) is 0 Å². The highest BCUT2D eigenvalue weighted by Crippen LogP contribution is 2.30. The van der Waals surface area contributed by atoms with Gasteiger partial charge in [0.05, 0.1) is 11.5 Å². The van der Waals surface area contributed by atoms with Gasteiger partial charge >= 0.3 is 0 Å². The molecule has 14 heavy (non-hydrogen) atoms. The Balaban J connectivity index is 3.44. The first-order valence-corrected chi connectivity index (χ1v) is 3.98. The first-order valence-electron chi connectivity index (χ1n) is 3.98. The Bertz CT molecular complexity index is 384. The molecule has 0 bridgehead atoms. The molecule has 0 saturated heterocycles. The monoisotopic (exact) mass is 197 g/mol. The second-order valence-corrected chi connectivity index (χ2v) is 3.52. The van der Waals surface area contributed by atoms with E-state index >= 15 is 0 Å². The van der Waals surface area contributed by atoms with Crippen LogP contribution >= 0.6 is 0 Å². The summed E-state index contributed by atoms with van der Waals surface area (Å²) in [7, 11) is 0. The fourth-order valence-electron chi connectivity index (χ4n) is 1.21. The van der Waals surface area contributed by atoms with Crippen LogP contribution in [0.1, 0.15) is 19.4 Å². The van der Waals surface area contributed by atoms with Crippen molar-refractivity contribution in [1.82, 2.24) is 0 Å². The summed E-state index contributed by atoms with van der Waals surface area (Å²) in [4.78, 5) is 0. The third kappa shape index (κ3) is 1.67. The van der Waals surface area contributed by atoms with E-state index < -0.39 is 22.8 Å². The summed E-state index contributed by atoms with van der Waals surface area (Å²) in [6, 6.07) is 3.38. The third-order valence-electron chi connectivity index (χ3n) is 1.93. The molecule has 1 rings (SSSR count). The van der Waals surface area contributed by atoms with Gasteiger partial charge in [0.1, 0.15) is 17.4 Å². The van der Waals surface area contributed by atoms with Crippen molar-refractivity contribution < 1.29 is 13.9 Å². The van der Waals surface area contributed by atoms with Crippen LogP contribution in [0.25, 0.3) is 0 Å². The third-order valence-corrected chi connectivity index (χ3v) is 1.93. The molecule has 0 saturated carbocycles. The molecular weight excluding hydrogens is 188 g/mol. The number of nitrogens with zero attached hydrogens (tertiary/aromatic N) is 1. The molecule has 1 N–H and O–H groups in total. The van der Waals surface area contributed by atoms with Crippen LogP contribution in [0.2, 0.25) is 0 Å². The molecule has 0 aliphatic heterocycles. The van der Waals surface area contributed by atoms with Crippen LogP contribution in [0.4, 0.5) is 8.78 Å². The Hall–Kier alpha value is -1.63. The van der Waals surface area contributed by atoms with E-state index in [0.29, 0.717) is 0 Å². The summed E-state index contributed by atoms with van der Waals surface area (Å²) in [5.41, 5.74) is -1.57. The van der Waals surface area contributed by atoms with Crippen molar-refractivity contribution in [3.63, 3.8) is 0 Å². The van der Waals surface area contributed by atoms with Gasteiger partial charge in [0.15, 0.2) is 0 Å². The van der Waals surface area contributed by atoms with E-state index in [1.54, 1.807) is 6.07 Å². The number of halogens is 2. The summed E-state index contributed by atoms with van der Waals surface area (Å²) >= 11 is 0. The molecule has 0 radical (unpaired) electrons. The lowest BCUT2D eigenvalue weighted by Crippen LogP contribution is -2.18. The van der Waals surface area contributed by atoms with E-state index in [4.69, 9.17) is 10.4 Å². The number of aromatic hydroxyl groups is 1. The maximum absolute atomic E-state index is 13.2. The molecule has 0 unspecified atom stereocenters. The topological polar surface area (TPSA) is 44.0 Å². The lowest BCUT2D eigenvalue weighted by Gasteiger charge is -2.17. The van der Waals surface area contributed by atoms with Gasteiger partial charge in [-0.05, 0) is 13.8 Å². The molecule has 0 aromatic heterocycles. The minimum absolute atomic E-state index is 0.321. The molecule has 4 heteroatoms. The summed E-state index contributed by atoms with van der Waals surface area (Å²) in [6.45, 7) is 2.82. The number of hydrogen-bond acceptors (Lipinski definition) is 2. The first-order chi connectivity index (χ1) is 6.38. The fourth-order valence-corrected chi connectivity index (χ4v) is 1.21. The molecule has 0 fully saturated rings. The second-order valence-electron chi connectivity index (χ2n) is 3.52.